The highest BCUT2D eigenvalue weighted by Gasteiger charge is 2.23. The summed E-state index contributed by atoms with van der Waals surface area (Å²) < 4.78 is 7.76. The molecule has 1 atom stereocenters. The summed E-state index contributed by atoms with van der Waals surface area (Å²) in [5, 5.41) is 9.44. The summed E-state index contributed by atoms with van der Waals surface area (Å²) in [6, 6.07) is 5.27. The van der Waals surface area contributed by atoms with E-state index in [0.717, 1.165) is 30.8 Å². The van der Waals surface area contributed by atoms with E-state index >= 15 is 0 Å². The Labute approximate surface area is 123 Å². The first-order valence-corrected chi connectivity index (χ1v) is 7.42. The van der Waals surface area contributed by atoms with Gasteiger partial charge in [-0.2, -0.15) is 0 Å². The molecule has 0 amide bonds. The molecule has 2 aromatic rings. The zero-order chi connectivity index (χ0) is 15.0. The number of hydrogen-bond donors (Lipinski definition) is 1. The first-order chi connectivity index (χ1) is 10.1. The molecule has 1 aliphatic heterocycles. The molecular weight excluding hydrogens is 268 g/mol. The van der Waals surface area contributed by atoms with Gasteiger partial charge in [-0.1, -0.05) is 19.9 Å². The van der Waals surface area contributed by atoms with Crippen LogP contribution >= 0.6 is 0 Å². The molecule has 1 aromatic carbocycles. The second-order valence-electron chi connectivity index (χ2n) is 5.85. The van der Waals surface area contributed by atoms with E-state index in [1.54, 1.807) is 12.1 Å². The van der Waals surface area contributed by atoms with E-state index in [2.05, 4.69) is 18.8 Å². The number of hydrogen-bond acceptors (Lipinski definition) is 3. The quantitative estimate of drug-likeness (QED) is 0.939. The van der Waals surface area contributed by atoms with Gasteiger partial charge in [-0.25, -0.2) is 9.78 Å². The van der Waals surface area contributed by atoms with Crippen molar-refractivity contribution in [3.8, 4) is 0 Å². The van der Waals surface area contributed by atoms with E-state index in [1.807, 2.05) is 10.6 Å². The number of nitrogens with zero attached hydrogens (tertiary/aromatic N) is 2. The maximum Gasteiger partial charge on any atom is 0.337 e. The molecule has 1 unspecified atom stereocenters. The Bertz CT molecular complexity index is 669. The molecular formula is C16H20N2O3. The van der Waals surface area contributed by atoms with Crippen LogP contribution in [0.4, 0.5) is 0 Å². The van der Waals surface area contributed by atoms with Gasteiger partial charge in [-0.05, 0) is 25.0 Å². The normalized spacial score (nSPS) is 18.7. The summed E-state index contributed by atoms with van der Waals surface area (Å²) in [6.07, 6.45) is 2.24. The average Bonchev–Trinajstić information content (AvgIpc) is 3.07. The van der Waals surface area contributed by atoms with E-state index in [-0.39, 0.29) is 12.0 Å². The highest BCUT2D eigenvalue weighted by molar-refractivity contribution is 6.01. The number of ether oxygens (including phenoxy) is 1. The van der Waals surface area contributed by atoms with Crippen molar-refractivity contribution in [1.29, 1.82) is 0 Å². The van der Waals surface area contributed by atoms with Crippen LogP contribution in [-0.4, -0.2) is 33.3 Å². The Morgan fingerprint density at radius 2 is 2.33 bits per heavy atom. The van der Waals surface area contributed by atoms with Crippen LogP contribution < -0.4 is 0 Å². The second-order valence-corrected chi connectivity index (χ2v) is 5.85. The minimum absolute atomic E-state index is 0.154. The topological polar surface area (TPSA) is 64.3 Å². The minimum Gasteiger partial charge on any atom is -0.478 e. The van der Waals surface area contributed by atoms with Gasteiger partial charge in [-0.15, -0.1) is 0 Å². The highest BCUT2D eigenvalue weighted by Crippen LogP contribution is 2.27. The van der Waals surface area contributed by atoms with Crippen LogP contribution in [0.2, 0.25) is 0 Å². The second kappa shape index (κ2) is 5.48. The molecule has 2 heterocycles. The summed E-state index contributed by atoms with van der Waals surface area (Å²) in [4.78, 5) is 16.2. The largest absolute Gasteiger partial charge is 0.478 e. The predicted octanol–water partition coefficient (Wildman–Crippen LogP) is 3.04. The molecule has 21 heavy (non-hydrogen) atoms. The van der Waals surface area contributed by atoms with Crippen molar-refractivity contribution in [3.63, 3.8) is 0 Å². The number of aromatic nitrogens is 2. The molecule has 1 saturated heterocycles. The zero-order valence-electron chi connectivity index (χ0n) is 12.4. The smallest absolute Gasteiger partial charge is 0.337 e. The summed E-state index contributed by atoms with van der Waals surface area (Å²) in [5.41, 5.74) is 1.77. The van der Waals surface area contributed by atoms with Crippen molar-refractivity contribution in [2.75, 3.05) is 6.61 Å². The SMILES string of the molecule is CC(C)c1nc2cccc(C(=O)O)c2n1CC1CCCO1. The van der Waals surface area contributed by atoms with Gasteiger partial charge in [0.1, 0.15) is 5.82 Å². The number of aromatic carboxylic acids is 1. The van der Waals surface area contributed by atoms with Crippen molar-refractivity contribution in [2.45, 2.75) is 45.3 Å². The van der Waals surface area contributed by atoms with Crippen molar-refractivity contribution < 1.29 is 14.6 Å². The molecule has 3 rings (SSSR count). The Morgan fingerprint density at radius 1 is 1.52 bits per heavy atom. The summed E-state index contributed by atoms with van der Waals surface area (Å²) in [6.45, 7) is 5.62. The van der Waals surface area contributed by atoms with Gasteiger partial charge in [-0.3, -0.25) is 0 Å². The molecule has 1 aromatic heterocycles. The fourth-order valence-corrected chi connectivity index (χ4v) is 2.99. The zero-order valence-corrected chi connectivity index (χ0v) is 12.4. The van der Waals surface area contributed by atoms with Crippen LogP contribution in [0, 0.1) is 0 Å². The Kier molecular flexibility index (Phi) is 3.68. The highest BCUT2D eigenvalue weighted by atomic mass is 16.5. The molecule has 5 heteroatoms. The summed E-state index contributed by atoms with van der Waals surface area (Å²) in [7, 11) is 0. The predicted molar refractivity (Wildman–Crippen MR) is 79.8 cm³/mol. The number of carboxylic acids is 1. The van der Waals surface area contributed by atoms with Gasteiger partial charge < -0.3 is 14.4 Å². The molecule has 1 N–H and O–H groups in total. The molecule has 1 aliphatic rings. The third-order valence-corrected chi connectivity index (χ3v) is 3.95. The molecule has 5 nitrogen and oxygen atoms in total. The van der Waals surface area contributed by atoms with Gasteiger partial charge in [0.25, 0.3) is 0 Å². The van der Waals surface area contributed by atoms with Crippen molar-refractivity contribution in [2.24, 2.45) is 0 Å². The maximum atomic E-state index is 11.5. The number of imidazole rings is 1. The van der Waals surface area contributed by atoms with Gasteiger partial charge in [0.05, 0.1) is 29.2 Å². The van der Waals surface area contributed by atoms with Gasteiger partial charge in [0.2, 0.25) is 0 Å². The van der Waals surface area contributed by atoms with Crippen LogP contribution in [0.1, 0.15) is 48.8 Å². The lowest BCUT2D eigenvalue weighted by Gasteiger charge is -2.16. The van der Waals surface area contributed by atoms with Crippen LogP contribution in [-0.2, 0) is 11.3 Å². The summed E-state index contributed by atoms with van der Waals surface area (Å²) >= 11 is 0. The van der Waals surface area contributed by atoms with Gasteiger partial charge in [0, 0.05) is 12.5 Å². The van der Waals surface area contributed by atoms with E-state index < -0.39 is 5.97 Å². The number of para-hydroxylation sites is 1. The first-order valence-electron chi connectivity index (χ1n) is 7.42. The van der Waals surface area contributed by atoms with Crippen molar-refractivity contribution >= 4 is 17.0 Å². The number of carbonyl (C=O) groups is 1. The third-order valence-electron chi connectivity index (χ3n) is 3.95. The molecule has 0 aliphatic carbocycles. The lowest BCUT2D eigenvalue weighted by atomic mass is 10.1. The standard InChI is InChI=1S/C16H20N2O3/c1-10(2)15-17-13-7-3-6-12(16(19)20)14(13)18(15)9-11-5-4-8-21-11/h3,6-7,10-11H,4-5,8-9H2,1-2H3,(H,19,20). The van der Waals surface area contributed by atoms with Crippen LogP contribution in [0.25, 0.3) is 11.0 Å². The van der Waals surface area contributed by atoms with Crippen LogP contribution in [0.3, 0.4) is 0 Å². The third kappa shape index (κ3) is 2.53. The fraction of sp³-hybridized carbons (Fsp3) is 0.500. The van der Waals surface area contributed by atoms with E-state index in [0.29, 0.717) is 17.6 Å². The van der Waals surface area contributed by atoms with Crippen molar-refractivity contribution in [1.82, 2.24) is 9.55 Å². The van der Waals surface area contributed by atoms with Crippen LogP contribution in [0.5, 0.6) is 0 Å². The lowest BCUT2D eigenvalue weighted by Crippen LogP contribution is -2.18. The lowest BCUT2D eigenvalue weighted by molar-refractivity contribution is 0.0697. The van der Waals surface area contributed by atoms with Crippen molar-refractivity contribution in [3.05, 3.63) is 29.6 Å². The molecule has 0 spiro atoms. The number of fused-ring (bicyclic) bond motifs is 1. The molecule has 0 saturated carbocycles. The first kappa shape index (κ1) is 14.1. The minimum atomic E-state index is -0.913. The number of benzene rings is 1. The Hall–Kier alpha value is -1.88. The fourth-order valence-electron chi connectivity index (χ4n) is 2.99. The molecule has 0 radical (unpaired) electrons. The average molecular weight is 288 g/mol. The maximum absolute atomic E-state index is 11.5. The summed E-state index contributed by atoms with van der Waals surface area (Å²) in [5.74, 6) is 0.249. The monoisotopic (exact) mass is 288 g/mol. The molecule has 112 valence electrons. The van der Waals surface area contributed by atoms with E-state index in [9.17, 15) is 9.90 Å². The van der Waals surface area contributed by atoms with Crippen LogP contribution in [0.15, 0.2) is 18.2 Å². The van der Waals surface area contributed by atoms with Gasteiger partial charge in [0.15, 0.2) is 0 Å². The van der Waals surface area contributed by atoms with E-state index in [4.69, 9.17) is 4.74 Å². The number of carboxylic acid groups (broad SMARTS) is 1. The Morgan fingerprint density at radius 3 is 2.95 bits per heavy atom. The Balaban J connectivity index is 2.16. The number of rotatable bonds is 4. The van der Waals surface area contributed by atoms with E-state index in [1.165, 1.54) is 0 Å². The molecule has 1 fully saturated rings. The molecule has 0 bridgehead atoms. The van der Waals surface area contributed by atoms with Gasteiger partial charge >= 0.3 is 5.97 Å².